The largest absolute Gasteiger partial charge is 0.504 e. The Morgan fingerprint density at radius 1 is 1.09 bits per heavy atom. The first kappa shape index (κ1) is 25.7. The van der Waals surface area contributed by atoms with Crippen LogP contribution in [0.15, 0.2) is 17.5 Å². The lowest BCUT2D eigenvalue weighted by molar-refractivity contribution is 0.0929. The van der Waals surface area contributed by atoms with Gasteiger partial charge in [-0.1, -0.05) is 45.1 Å². The van der Waals surface area contributed by atoms with Gasteiger partial charge in [0, 0.05) is 17.0 Å². The molecule has 0 saturated heterocycles. The van der Waals surface area contributed by atoms with Crippen LogP contribution in [-0.2, 0) is 16.4 Å². The van der Waals surface area contributed by atoms with Gasteiger partial charge >= 0.3 is 0 Å². The lowest BCUT2D eigenvalue weighted by atomic mass is 9.98. The van der Waals surface area contributed by atoms with E-state index in [1.807, 2.05) is 0 Å². The summed E-state index contributed by atoms with van der Waals surface area (Å²) in [6.45, 7) is 3.64. The number of anilines is 1. The number of phenolic OH excluding ortho intramolecular Hbond substituents is 3. The van der Waals surface area contributed by atoms with Crippen molar-refractivity contribution < 1.29 is 28.5 Å². The number of benzene rings is 1. The molecule has 9 nitrogen and oxygen atoms in total. The van der Waals surface area contributed by atoms with Crippen molar-refractivity contribution in [3.05, 3.63) is 28.8 Å². The highest BCUT2D eigenvalue weighted by atomic mass is 32.2. The van der Waals surface area contributed by atoms with Crippen molar-refractivity contribution in [3.63, 3.8) is 0 Å². The molecule has 0 saturated carbocycles. The Morgan fingerprint density at radius 2 is 1.81 bits per heavy atom. The number of aromatic nitrogens is 1. The van der Waals surface area contributed by atoms with Gasteiger partial charge < -0.3 is 20.6 Å². The predicted octanol–water partition coefficient (Wildman–Crippen LogP) is 3.72. The van der Waals surface area contributed by atoms with Crippen molar-refractivity contribution in [2.75, 3.05) is 10.5 Å². The summed E-state index contributed by atoms with van der Waals surface area (Å²) >= 11 is 1.02. The van der Waals surface area contributed by atoms with Gasteiger partial charge in [-0.05, 0) is 25.8 Å². The van der Waals surface area contributed by atoms with Crippen LogP contribution in [0.1, 0.15) is 68.4 Å². The van der Waals surface area contributed by atoms with Crippen LogP contribution in [0.2, 0.25) is 0 Å². The number of unbranched alkanes of at least 4 members (excludes halogenated alkanes) is 4. The van der Waals surface area contributed by atoms with E-state index < -0.39 is 33.2 Å². The molecule has 2 aromatic rings. The molecule has 2 rings (SSSR count). The number of rotatable bonds is 13. The van der Waals surface area contributed by atoms with Gasteiger partial charge in [-0.3, -0.25) is 9.52 Å². The number of carbonyl (C=O) groups excluding carboxylic acids is 1. The summed E-state index contributed by atoms with van der Waals surface area (Å²) in [7, 11) is -3.49. The van der Waals surface area contributed by atoms with Crippen LogP contribution >= 0.6 is 11.3 Å². The second kappa shape index (κ2) is 11.9. The number of phenols is 3. The molecule has 11 heteroatoms. The summed E-state index contributed by atoms with van der Waals surface area (Å²) in [5.74, 6) is -1.99. The van der Waals surface area contributed by atoms with Crippen LogP contribution < -0.4 is 10.0 Å². The van der Waals surface area contributed by atoms with Gasteiger partial charge in [-0.2, -0.15) is 0 Å². The zero-order valence-corrected chi connectivity index (χ0v) is 19.9. The molecular weight excluding hydrogens is 454 g/mol. The van der Waals surface area contributed by atoms with E-state index in [1.54, 1.807) is 0 Å². The van der Waals surface area contributed by atoms with E-state index in [-0.39, 0.29) is 29.0 Å². The molecule has 0 aliphatic heterocycles. The van der Waals surface area contributed by atoms with E-state index in [0.29, 0.717) is 12.0 Å². The van der Waals surface area contributed by atoms with Gasteiger partial charge in [-0.15, -0.1) is 11.3 Å². The highest BCUT2D eigenvalue weighted by Crippen LogP contribution is 2.37. The fraction of sp³-hybridized carbons (Fsp3) is 0.524. The van der Waals surface area contributed by atoms with Crippen LogP contribution in [0.5, 0.6) is 17.2 Å². The monoisotopic (exact) mass is 485 g/mol. The summed E-state index contributed by atoms with van der Waals surface area (Å²) < 4.78 is 25.7. The number of sulfonamides is 1. The zero-order valence-electron chi connectivity index (χ0n) is 18.3. The minimum atomic E-state index is -3.49. The van der Waals surface area contributed by atoms with Crippen LogP contribution in [0.3, 0.4) is 0 Å². The first-order valence-corrected chi connectivity index (χ1v) is 13.2. The molecule has 1 heterocycles. The van der Waals surface area contributed by atoms with Crippen molar-refractivity contribution >= 4 is 32.4 Å². The van der Waals surface area contributed by atoms with Crippen LogP contribution in [-0.4, -0.2) is 46.4 Å². The van der Waals surface area contributed by atoms with Gasteiger partial charge in [0.2, 0.25) is 15.8 Å². The number of thiazole rings is 1. The SMILES string of the molecule is CCCCCCCC(Cc1ccc(O)c(O)c1O)NC(=O)c1csc(NS(=O)(=O)CC)n1. The summed E-state index contributed by atoms with van der Waals surface area (Å²) in [4.78, 5) is 16.8. The third-order valence-electron chi connectivity index (χ3n) is 5.03. The molecule has 178 valence electrons. The molecule has 1 atom stereocenters. The normalized spacial score (nSPS) is 12.4. The Kier molecular flexibility index (Phi) is 9.58. The Labute approximate surface area is 192 Å². The van der Waals surface area contributed by atoms with Crippen molar-refractivity contribution in [1.29, 1.82) is 0 Å². The summed E-state index contributed by atoms with van der Waals surface area (Å²) in [6.07, 6.45) is 6.12. The summed E-state index contributed by atoms with van der Waals surface area (Å²) in [5.41, 5.74) is 0.492. The number of carbonyl (C=O) groups is 1. The lowest BCUT2D eigenvalue weighted by Gasteiger charge is -2.19. The lowest BCUT2D eigenvalue weighted by Crippen LogP contribution is -2.36. The first-order valence-electron chi connectivity index (χ1n) is 10.7. The standard InChI is InChI=1S/C21H31N3O6S2/c1-3-5-6-7-8-9-15(12-14-10-11-17(25)19(27)18(14)26)22-20(28)16-13-31-21(23-16)24-32(29,30)4-2/h10-11,13,15,25-27H,3-9,12H2,1-2H3,(H,22,28)(H,23,24). The average Bonchev–Trinajstić information content (AvgIpc) is 3.21. The Morgan fingerprint density at radius 3 is 2.50 bits per heavy atom. The topological polar surface area (TPSA) is 149 Å². The molecule has 1 amide bonds. The van der Waals surface area contributed by atoms with E-state index >= 15 is 0 Å². The molecule has 0 radical (unpaired) electrons. The third kappa shape index (κ3) is 7.56. The first-order chi connectivity index (χ1) is 15.2. The van der Waals surface area contributed by atoms with Crippen molar-refractivity contribution in [3.8, 4) is 17.2 Å². The third-order valence-corrected chi connectivity index (χ3v) is 7.18. The van der Waals surface area contributed by atoms with Gasteiger partial charge in [0.25, 0.3) is 5.91 Å². The van der Waals surface area contributed by atoms with Crippen LogP contribution in [0.4, 0.5) is 5.13 Å². The van der Waals surface area contributed by atoms with Gasteiger partial charge in [0.05, 0.1) is 5.75 Å². The van der Waals surface area contributed by atoms with E-state index in [2.05, 4.69) is 21.9 Å². The molecule has 0 fully saturated rings. The second-order valence-corrected chi connectivity index (χ2v) is 10.4. The molecule has 5 N–H and O–H groups in total. The van der Waals surface area contributed by atoms with Crippen LogP contribution in [0, 0.1) is 0 Å². The average molecular weight is 486 g/mol. The Bertz CT molecular complexity index is 1010. The van der Waals surface area contributed by atoms with E-state index in [0.717, 1.165) is 43.4 Å². The second-order valence-electron chi connectivity index (χ2n) is 7.56. The van der Waals surface area contributed by atoms with E-state index in [1.165, 1.54) is 24.4 Å². The molecule has 0 bridgehead atoms. The number of nitrogens with zero attached hydrogens (tertiary/aromatic N) is 1. The molecule has 1 aromatic heterocycles. The van der Waals surface area contributed by atoms with E-state index in [9.17, 15) is 28.5 Å². The fourth-order valence-electron chi connectivity index (χ4n) is 3.15. The minimum absolute atomic E-state index is 0.0950. The van der Waals surface area contributed by atoms with Gasteiger partial charge in [-0.25, -0.2) is 13.4 Å². The van der Waals surface area contributed by atoms with Crippen molar-refractivity contribution in [1.82, 2.24) is 10.3 Å². The maximum Gasteiger partial charge on any atom is 0.271 e. The van der Waals surface area contributed by atoms with E-state index in [4.69, 9.17) is 0 Å². The smallest absolute Gasteiger partial charge is 0.271 e. The number of amides is 1. The predicted molar refractivity (Wildman–Crippen MR) is 125 cm³/mol. The molecular formula is C21H31N3O6S2. The number of hydrogen-bond acceptors (Lipinski definition) is 8. The highest BCUT2D eigenvalue weighted by Gasteiger charge is 2.20. The minimum Gasteiger partial charge on any atom is -0.504 e. The van der Waals surface area contributed by atoms with Gasteiger partial charge in [0.15, 0.2) is 16.6 Å². The maximum atomic E-state index is 12.7. The molecule has 32 heavy (non-hydrogen) atoms. The number of hydrogen-bond donors (Lipinski definition) is 5. The molecule has 1 unspecified atom stereocenters. The van der Waals surface area contributed by atoms with Crippen LogP contribution in [0.25, 0.3) is 0 Å². The Hall–Kier alpha value is -2.53. The Balaban J connectivity index is 2.11. The van der Waals surface area contributed by atoms with Crippen molar-refractivity contribution in [2.24, 2.45) is 0 Å². The quantitative estimate of drug-likeness (QED) is 0.214. The summed E-state index contributed by atoms with van der Waals surface area (Å²) in [6, 6.07) is 2.44. The van der Waals surface area contributed by atoms with Gasteiger partial charge in [0.1, 0.15) is 5.69 Å². The maximum absolute atomic E-state index is 12.7. The summed E-state index contributed by atoms with van der Waals surface area (Å²) in [5, 5.41) is 34.0. The van der Waals surface area contributed by atoms with Crippen molar-refractivity contribution in [2.45, 2.75) is 64.8 Å². The highest BCUT2D eigenvalue weighted by molar-refractivity contribution is 7.92. The molecule has 0 aliphatic rings. The number of aromatic hydroxyl groups is 3. The molecule has 0 aliphatic carbocycles. The molecule has 1 aromatic carbocycles. The zero-order chi connectivity index (χ0) is 23.7. The molecule has 0 spiro atoms. The number of nitrogens with one attached hydrogen (secondary N) is 2. The fourth-order valence-corrected chi connectivity index (χ4v) is 4.71.